The lowest BCUT2D eigenvalue weighted by molar-refractivity contribution is 0.101. The Morgan fingerprint density at radius 3 is 2.77 bits per heavy atom. The molecule has 166 valence electrons. The summed E-state index contributed by atoms with van der Waals surface area (Å²) in [4.78, 5) is 23.8. The topological polar surface area (TPSA) is 84.6 Å². The van der Waals surface area contributed by atoms with Crippen molar-refractivity contribution in [3.63, 3.8) is 0 Å². The maximum Gasteiger partial charge on any atom is 0.224 e. The minimum Gasteiger partial charge on any atom is -0.477 e. The SMILES string of the molecule is CCCCOc1ncc(C(C)=O)cc1C1=Nc2c(nn(C3CN(CC)C3)c2CC)CN1. The molecule has 0 aliphatic carbocycles. The van der Waals surface area contributed by atoms with Crippen LogP contribution in [0.4, 0.5) is 5.69 Å². The summed E-state index contributed by atoms with van der Waals surface area (Å²) in [6.07, 6.45) is 4.43. The quantitative estimate of drug-likeness (QED) is 0.491. The number of carbonyl (C=O) groups excluding carboxylic acids is 1. The molecule has 0 unspecified atom stereocenters. The van der Waals surface area contributed by atoms with Gasteiger partial charge in [-0.05, 0) is 32.4 Å². The van der Waals surface area contributed by atoms with Crippen LogP contribution in [-0.2, 0) is 13.0 Å². The Bertz CT molecular complexity index is 990. The van der Waals surface area contributed by atoms with Crippen molar-refractivity contribution in [2.24, 2.45) is 4.99 Å². The molecule has 2 aromatic heterocycles. The van der Waals surface area contributed by atoms with E-state index in [1.807, 2.05) is 6.07 Å². The van der Waals surface area contributed by atoms with Gasteiger partial charge in [-0.15, -0.1) is 0 Å². The van der Waals surface area contributed by atoms with Crippen LogP contribution in [0.25, 0.3) is 0 Å². The standard InChI is InChI=1S/C23H32N6O2/c1-5-8-9-31-23-18(10-16(11-25-23)15(4)30)22-24-12-19-21(26-22)20(6-2)29(27-19)17-13-28(7-3)14-17/h10-11,17H,5-9,12-14H2,1-4H3,(H,24,26). The van der Waals surface area contributed by atoms with Gasteiger partial charge in [0.15, 0.2) is 5.78 Å². The average Bonchev–Trinajstić information content (AvgIpc) is 3.10. The second-order valence-electron chi connectivity index (χ2n) is 8.20. The highest BCUT2D eigenvalue weighted by molar-refractivity contribution is 6.05. The lowest BCUT2D eigenvalue weighted by Crippen LogP contribution is -2.48. The summed E-state index contributed by atoms with van der Waals surface area (Å²) in [5.41, 5.74) is 4.36. The number of fused-ring (bicyclic) bond motifs is 1. The lowest BCUT2D eigenvalue weighted by Gasteiger charge is -2.39. The van der Waals surface area contributed by atoms with Crippen molar-refractivity contribution in [1.29, 1.82) is 0 Å². The minimum absolute atomic E-state index is 0.0292. The number of pyridine rings is 1. The number of unbranched alkanes of at least 4 members (excludes halogenated alkanes) is 1. The fourth-order valence-electron chi connectivity index (χ4n) is 4.06. The Kier molecular flexibility index (Phi) is 6.36. The average molecular weight is 425 g/mol. The summed E-state index contributed by atoms with van der Waals surface area (Å²) in [7, 11) is 0. The van der Waals surface area contributed by atoms with Crippen LogP contribution in [0, 0.1) is 0 Å². The third kappa shape index (κ3) is 4.21. The molecule has 0 bridgehead atoms. The lowest BCUT2D eigenvalue weighted by atomic mass is 10.1. The molecule has 0 amide bonds. The van der Waals surface area contributed by atoms with Crippen LogP contribution >= 0.6 is 0 Å². The Labute approximate surface area is 183 Å². The Balaban J connectivity index is 1.70. The summed E-state index contributed by atoms with van der Waals surface area (Å²) in [5, 5.41) is 8.27. The number of Topliss-reactive ketones (excluding diaryl/α,β-unsaturated/α-hetero) is 1. The van der Waals surface area contributed by atoms with Crippen LogP contribution in [-0.4, -0.2) is 57.5 Å². The van der Waals surface area contributed by atoms with E-state index in [2.05, 4.69) is 40.7 Å². The van der Waals surface area contributed by atoms with Crippen LogP contribution in [0.3, 0.4) is 0 Å². The van der Waals surface area contributed by atoms with Gasteiger partial charge in [-0.3, -0.25) is 14.4 Å². The molecule has 1 fully saturated rings. The maximum absolute atomic E-state index is 12.0. The molecule has 0 radical (unpaired) electrons. The molecule has 0 saturated carbocycles. The number of aliphatic imine (C=N–C) groups is 1. The van der Waals surface area contributed by atoms with Gasteiger partial charge in [0.1, 0.15) is 17.2 Å². The molecule has 0 aromatic carbocycles. The Morgan fingerprint density at radius 2 is 2.10 bits per heavy atom. The van der Waals surface area contributed by atoms with Gasteiger partial charge < -0.3 is 10.1 Å². The van der Waals surface area contributed by atoms with Gasteiger partial charge in [0.25, 0.3) is 0 Å². The highest BCUT2D eigenvalue weighted by atomic mass is 16.5. The van der Waals surface area contributed by atoms with E-state index in [4.69, 9.17) is 14.8 Å². The van der Waals surface area contributed by atoms with Gasteiger partial charge in [-0.25, -0.2) is 9.98 Å². The first-order chi connectivity index (χ1) is 15.0. The molecular formula is C23H32N6O2. The van der Waals surface area contributed by atoms with E-state index in [9.17, 15) is 4.79 Å². The highest BCUT2D eigenvalue weighted by Gasteiger charge is 2.32. The molecule has 2 aromatic rings. The first kappa shape index (κ1) is 21.5. The number of carbonyl (C=O) groups is 1. The van der Waals surface area contributed by atoms with Gasteiger partial charge in [0, 0.05) is 24.8 Å². The monoisotopic (exact) mass is 424 g/mol. The molecule has 4 rings (SSSR count). The van der Waals surface area contributed by atoms with Gasteiger partial charge in [0.05, 0.1) is 30.5 Å². The summed E-state index contributed by atoms with van der Waals surface area (Å²) in [6.45, 7) is 12.3. The second kappa shape index (κ2) is 9.18. The first-order valence-corrected chi connectivity index (χ1v) is 11.3. The molecule has 8 nitrogen and oxygen atoms in total. The van der Waals surface area contributed by atoms with Crippen molar-refractivity contribution in [2.75, 3.05) is 26.2 Å². The van der Waals surface area contributed by atoms with E-state index in [1.54, 1.807) is 13.1 Å². The minimum atomic E-state index is -0.0292. The van der Waals surface area contributed by atoms with Crippen molar-refractivity contribution in [2.45, 2.75) is 59.5 Å². The van der Waals surface area contributed by atoms with Crippen LogP contribution in [0.15, 0.2) is 17.3 Å². The van der Waals surface area contributed by atoms with Gasteiger partial charge in [-0.2, -0.15) is 5.10 Å². The zero-order chi connectivity index (χ0) is 22.0. The van der Waals surface area contributed by atoms with Crippen molar-refractivity contribution in [3.8, 4) is 5.88 Å². The zero-order valence-corrected chi connectivity index (χ0v) is 18.9. The summed E-state index contributed by atoms with van der Waals surface area (Å²) < 4.78 is 8.11. The Hall–Kier alpha value is -2.74. The van der Waals surface area contributed by atoms with E-state index in [0.29, 0.717) is 36.5 Å². The zero-order valence-electron chi connectivity index (χ0n) is 18.9. The summed E-state index contributed by atoms with van der Waals surface area (Å²) >= 11 is 0. The smallest absolute Gasteiger partial charge is 0.224 e. The van der Waals surface area contributed by atoms with Crippen LogP contribution in [0.2, 0.25) is 0 Å². The number of nitrogens with one attached hydrogen (secondary N) is 1. The van der Waals surface area contributed by atoms with Crippen LogP contribution in [0.1, 0.15) is 73.9 Å². The number of amidine groups is 1. The predicted octanol–water partition coefficient (Wildman–Crippen LogP) is 3.28. The largest absolute Gasteiger partial charge is 0.477 e. The molecule has 4 heterocycles. The third-order valence-electron chi connectivity index (χ3n) is 6.01. The number of ether oxygens (including phenoxy) is 1. The van der Waals surface area contributed by atoms with E-state index < -0.39 is 0 Å². The van der Waals surface area contributed by atoms with E-state index in [1.165, 1.54) is 5.69 Å². The molecular weight excluding hydrogens is 392 g/mol. The maximum atomic E-state index is 12.0. The third-order valence-corrected chi connectivity index (χ3v) is 6.01. The van der Waals surface area contributed by atoms with Crippen molar-refractivity contribution in [3.05, 3.63) is 34.8 Å². The number of rotatable bonds is 9. The number of hydrogen-bond acceptors (Lipinski definition) is 7. The molecule has 1 N–H and O–H groups in total. The highest BCUT2D eigenvalue weighted by Crippen LogP contribution is 2.33. The normalized spacial score (nSPS) is 16.3. The number of aromatic nitrogens is 3. The first-order valence-electron chi connectivity index (χ1n) is 11.3. The molecule has 2 aliphatic rings. The fraction of sp³-hybridized carbons (Fsp3) is 0.565. The molecule has 31 heavy (non-hydrogen) atoms. The Morgan fingerprint density at radius 1 is 1.29 bits per heavy atom. The second-order valence-corrected chi connectivity index (χ2v) is 8.20. The molecule has 1 saturated heterocycles. The number of likely N-dealkylation sites (N-methyl/N-ethyl adjacent to an activating group) is 1. The van der Waals surface area contributed by atoms with E-state index >= 15 is 0 Å². The number of likely N-dealkylation sites (tertiary alicyclic amines) is 1. The van der Waals surface area contributed by atoms with Crippen LogP contribution in [0.5, 0.6) is 5.88 Å². The number of hydrogen-bond donors (Lipinski definition) is 1. The van der Waals surface area contributed by atoms with Gasteiger partial charge >= 0.3 is 0 Å². The molecule has 0 atom stereocenters. The van der Waals surface area contributed by atoms with E-state index in [0.717, 1.165) is 55.8 Å². The van der Waals surface area contributed by atoms with Gasteiger partial charge in [0.2, 0.25) is 5.88 Å². The predicted molar refractivity (Wildman–Crippen MR) is 120 cm³/mol. The summed E-state index contributed by atoms with van der Waals surface area (Å²) in [5.74, 6) is 1.17. The molecule has 2 aliphatic heterocycles. The van der Waals surface area contributed by atoms with Crippen molar-refractivity contribution < 1.29 is 9.53 Å². The molecule has 8 heteroatoms. The van der Waals surface area contributed by atoms with Crippen molar-refractivity contribution in [1.82, 2.24) is 25.0 Å². The van der Waals surface area contributed by atoms with E-state index in [-0.39, 0.29) is 5.78 Å². The van der Waals surface area contributed by atoms with Gasteiger partial charge in [-0.1, -0.05) is 27.2 Å². The molecule has 0 spiro atoms. The fourth-order valence-corrected chi connectivity index (χ4v) is 4.06. The summed E-state index contributed by atoms with van der Waals surface area (Å²) in [6, 6.07) is 2.24. The van der Waals surface area contributed by atoms with Crippen LogP contribution < -0.4 is 10.1 Å². The number of nitrogens with zero attached hydrogens (tertiary/aromatic N) is 5. The van der Waals surface area contributed by atoms with Crippen molar-refractivity contribution >= 4 is 17.3 Å². The number of ketones is 1.